The van der Waals surface area contributed by atoms with Crippen LogP contribution in [-0.2, 0) is 26.4 Å². The lowest BCUT2D eigenvalue weighted by molar-refractivity contribution is -0.129. The van der Waals surface area contributed by atoms with Crippen LogP contribution in [0.3, 0.4) is 0 Å². The largest absolute Gasteiger partial charge is 0.496 e. The normalized spacial score (nSPS) is 15.2. The minimum absolute atomic E-state index is 0.0845. The fourth-order valence-electron chi connectivity index (χ4n) is 5.49. The summed E-state index contributed by atoms with van der Waals surface area (Å²) in [5.74, 6) is 0.209. The maximum atomic E-state index is 14.5. The molecular weight excluding hydrogens is 570 g/mol. The van der Waals surface area contributed by atoms with E-state index in [0.717, 1.165) is 23.0 Å². The number of aromatic nitrogens is 4. The minimum atomic E-state index is -1.48. The van der Waals surface area contributed by atoms with Crippen LogP contribution in [0.4, 0.5) is 0 Å². The second-order valence-corrected chi connectivity index (χ2v) is 12.5. The third-order valence-corrected chi connectivity index (χ3v) is 9.10. The number of fused-ring (bicyclic) bond motifs is 1. The fourth-order valence-corrected chi connectivity index (χ4v) is 6.74. The first-order chi connectivity index (χ1) is 20.5. The molecule has 4 heterocycles. The van der Waals surface area contributed by atoms with Crippen molar-refractivity contribution in [2.75, 3.05) is 20.3 Å². The zero-order chi connectivity index (χ0) is 30.9. The first-order valence-electron chi connectivity index (χ1n) is 14.5. The fraction of sp³-hybridized carbons (Fsp3) is 0.484. The van der Waals surface area contributed by atoms with Gasteiger partial charge in [-0.2, -0.15) is 5.10 Å². The van der Waals surface area contributed by atoms with Crippen molar-refractivity contribution in [3.05, 3.63) is 74.7 Å². The Hall–Kier alpha value is -3.74. The second kappa shape index (κ2) is 12.5. The molecule has 5 rings (SSSR count). The molecular formula is C31H39N5O6S. The third kappa shape index (κ3) is 5.91. The number of nitrogens with one attached hydrogen (secondary N) is 1. The molecule has 4 aromatic rings. The van der Waals surface area contributed by atoms with Gasteiger partial charge in [0.25, 0.3) is 5.56 Å². The number of para-hydroxylation sites is 1. The number of aryl methyl sites for hydroxylation is 1. The Kier molecular flexibility index (Phi) is 8.91. The van der Waals surface area contributed by atoms with Crippen molar-refractivity contribution in [1.29, 1.82) is 0 Å². The maximum Gasteiger partial charge on any atom is 0.333 e. The Balaban J connectivity index is 1.75. The van der Waals surface area contributed by atoms with E-state index in [9.17, 15) is 14.4 Å². The molecule has 1 fully saturated rings. The number of hydrogen-bond acceptors (Lipinski definition) is 8. The number of benzene rings is 1. The summed E-state index contributed by atoms with van der Waals surface area (Å²) in [7, 11) is 1.60. The lowest BCUT2D eigenvalue weighted by Gasteiger charge is -2.30. The molecule has 230 valence electrons. The highest BCUT2D eigenvalue weighted by Gasteiger charge is 2.36. The summed E-state index contributed by atoms with van der Waals surface area (Å²) in [4.78, 5) is 42.6. The molecule has 1 aliphatic heterocycles. The summed E-state index contributed by atoms with van der Waals surface area (Å²) in [5, 5.41) is 8.33. The molecule has 3 aromatic heterocycles. The average Bonchev–Trinajstić information content (AvgIpc) is 3.63. The van der Waals surface area contributed by atoms with E-state index >= 15 is 0 Å². The van der Waals surface area contributed by atoms with Gasteiger partial charge in [-0.3, -0.25) is 14.2 Å². The first-order valence-corrected chi connectivity index (χ1v) is 15.3. The maximum absolute atomic E-state index is 14.5. The van der Waals surface area contributed by atoms with E-state index in [1.807, 2.05) is 45.0 Å². The topological polar surface area (TPSA) is 119 Å². The predicted molar refractivity (Wildman–Crippen MR) is 165 cm³/mol. The molecule has 0 aliphatic carbocycles. The summed E-state index contributed by atoms with van der Waals surface area (Å²) in [6.07, 6.45) is 4.23. The zero-order valence-corrected chi connectivity index (χ0v) is 26.3. The lowest BCUT2D eigenvalue weighted by Crippen LogP contribution is -2.56. The smallest absolute Gasteiger partial charge is 0.333 e. The average molecular weight is 610 g/mol. The van der Waals surface area contributed by atoms with Crippen molar-refractivity contribution in [3.8, 4) is 10.8 Å². The standard InChI is InChI=1S/C31H39N5O6S/c1-19(2)33-29(38)31(4,5)36-26(37)25-20(3)27(35-15-9-14-32-35)43-28(25)34(30(36)39)18-24(42-21-12-16-41-17-13-21)22-10-7-8-11-23(22)40-6/h7-11,14-15,19,21,24H,12-13,16-18H2,1-6H3,(H,33,38)/t24-/m0/s1. The SMILES string of the molecule is COc1ccccc1[C@H](Cn1c(=O)n(C(C)(C)C(=O)NC(C)C)c(=O)c2c(C)c(-n3cccn3)sc21)OC1CCOCC1. The summed E-state index contributed by atoms with van der Waals surface area (Å²) >= 11 is 1.31. The highest BCUT2D eigenvalue weighted by Crippen LogP contribution is 2.35. The van der Waals surface area contributed by atoms with Gasteiger partial charge in [-0.25, -0.2) is 14.0 Å². The number of nitrogens with zero attached hydrogens (tertiary/aromatic N) is 4. The van der Waals surface area contributed by atoms with Gasteiger partial charge in [0.05, 0.1) is 25.1 Å². The van der Waals surface area contributed by atoms with Crippen LogP contribution < -0.4 is 21.3 Å². The Morgan fingerprint density at radius 1 is 1.19 bits per heavy atom. The molecule has 12 heteroatoms. The number of methoxy groups -OCH3 is 1. The van der Waals surface area contributed by atoms with Crippen molar-refractivity contribution in [1.82, 2.24) is 24.2 Å². The molecule has 43 heavy (non-hydrogen) atoms. The quantitative estimate of drug-likeness (QED) is 0.290. The molecule has 0 bridgehead atoms. The van der Waals surface area contributed by atoms with Crippen molar-refractivity contribution in [3.63, 3.8) is 0 Å². The van der Waals surface area contributed by atoms with Gasteiger partial charge in [0.1, 0.15) is 27.2 Å². The molecule has 1 aliphatic rings. The van der Waals surface area contributed by atoms with Crippen LogP contribution in [0.2, 0.25) is 0 Å². The van der Waals surface area contributed by atoms with Gasteiger partial charge < -0.3 is 19.5 Å². The van der Waals surface area contributed by atoms with E-state index in [2.05, 4.69) is 10.4 Å². The number of rotatable bonds is 10. The second-order valence-electron chi connectivity index (χ2n) is 11.6. The minimum Gasteiger partial charge on any atom is -0.496 e. The number of amides is 1. The van der Waals surface area contributed by atoms with Crippen molar-refractivity contribution in [2.45, 2.75) is 77.8 Å². The number of thiophene rings is 1. The molecule has 1 amide bonds. The van der Waals surface area contributed by atoms with Crippen LogP contribution in [0.25, 0.3) is 15.2 Å². The zero-order valence-electron chi connectivity index (χ0n) is 25.5. The summed E-state index contributed by atoms with van der Waals surface area (Å²) in [5.41, 5.74) is -1.13. The van der Waals surface area contributed by atoms with Gasteiger partial charge in [-0.1, -0.05) is 29.5 Å². The van der Waals surface area contributed by atoms with Crippen molar-refractivity contribution >= 4 is 27.5 Å². The molecule has 1 N–H and O–H groups in total. The van der Waals surface area contributed by atoms with E-state index in [4.69, 9.17) is 14.2 Å². The molecule has 1 atom stereocenters. The van der Waals surface area contributed by atoms with E-state index < -0.39 is 28.8 Å². The Bertz CT molecular complexity index is 1710. The van der Waals surface area contributed by atoms with Gasteiger partial charge in [-0.15, -0.1) is 0 Å². The van der Waals surface area contributed by atoms with Crippen molar-refractivity contribution in [2.24, 2.45) is 0 Å². The van der Waals surface area contributed by atoms with Crippen molar-refractivity contribution < 1.29 is 19.0 Å². The van der Waals surface area contributed by atoms with Crippen LogP contribution in [0.15, 0.2) is 52.3 Å². The molecule has 0 radical (unpaired) electrons. The van der Waals surface area contributed by atoms with Gasteiger partial charge >= 0.3 is 5.69 Å². The number of carbonyl (C=O) groups excluding carboxylic acids is 1. The van der Waals surface area contributed by atoms with Crippen LogP contribution in [0.5, 0.6) is 5.75 Å². The third-order valence-electron chi connectivity index (χ3n) is 7.79. The van der Waals surface area contributed by atoms with E-state index in [0.29, 0.717) is 39.7 Å². The van der Waals surface area contributed by atoms with Crippen LogP contribution in [0.1, 0.15) is 57.8 Å². The van der Waals surface area contributed by atoms with Gasteiger partial charge in [0, 0.05) is 42.8 Å². The number of hydrogen-bond donors (Lipinski definition) is 1. The Labute approximate surface area is 254 Å². The van der Waals surface area contributed by atoms with E-state index in [1.165, 1.54) is 11.3 Å². The lowest BCUT2D eigenvalue weighted by atomic mass is 10.0. The molecule has 0 saturated carbocycles. The van der Waals surface area contributed by atoms with Gasteiger partial charge in [-0.05, 0) is 59.6 Å². The monoisotopic (exact) mass is 609 g/mol. The van der Waals surface area contributed by atoms with Gasteiger partial charge in [0.15, 0.2) is 0 Å². The highest BCUT2D eigenvalue weighted by atomic mass is 32.1. The Morgan fingerprint density at radius 3 is 2.56 bits per heavy atom. The summed E-state index contributed by atoms with van der Waals surface area (Å²) in [6.45, 7) is 9.98. The molecule has 0 spiro atoms. The summed E-state index contributed by atoms with van der Waals surface area (Å²) in [6, 6.07) is 9.20. The van der Waals surface area contributed by atoms with Gasteiger partial charge in [0.2, 0.25) is 5.91 Å². The molecule has 0 unspecified atom stereocenters. The first kappa shape index (κ1) is 30.7. The number of carbonyl (C=O) groups is 1. The Morgan fingerprint density at radius 2 is 1.91 bits per heavy atom. The van der Waals surface area contributed by atoms with Crippen LogP contribution >= 0.6 is 11.3 Å². The molecule has 1 aromatic carbocycles. The molecule has 1 saturated heterocycles. The highest BCUT2D eigenvalue weighted by molar-refractivity contribution is 7.21. The summed E-state index contributed by atoms with van der Waals surface area (Å²) < 4.78 is 22.3. The molecule has 11 nitrogen and oxygen atoms in total. The van der Waals surface area contributed by atoms with E-state index in [1.54, 1.807) is 48.7 Å². The van der Waals surface area contributed by atoms with Crippen LogP contribution in [-0.4, -0.2) is 57.3 Å². The van der Waals surface area contributed by atoms with E-state index in [-0.39, 0.29) is 18.7 Å². The predicted octanol–water partition coefficient (Wildman–Crippen LogP) is 3.92. The number of ether oxygens (including phenoxy) is 3. The van der Waals surface area contributed by atoms with Crippen LogP contribution in [0, 0.1) is 6.92 Å².